The first-order valence-electron chi connectivity index (χ1n) is 8.39. The number of rotatable bonds is 3. The van der Waals surface area contributed by atoms with Crippen LogP contribution in [-0.2, 0) is 4.79 Å². The first-order chi connectivity index (χ1) is 10.1. The molecule has 1 N–H and O–H groups in total. The summed E-state index contributed by atoms with van der Waals surface area (Å²) in [5.41, 5.74) is 0. The number of carboxylic acids is 1. The van der Waals surface area contributed by atoms with Gasteiger partial charge in [-0.25, -0.2) is 4.79 Å². The molecule has 5 heteroatoms. The number of urea groups is 1. The predicted molar refractivity (Wildman–Crippen MR) is 81.2 cm³/mol. The molecule has 0 aromatic rings. The summed E-state index contributed by atoms with van der Waals surface area (Å²) in [5.74, 6) is -0.490. The number of carbonyl (C=O) groups excluding carboxylic acids is 1. The van der Waals surface area contributed by atoms with Crippen LogP contribution in [0.15, 0.2) is 0 Å². The van der Waals surface area contributed by atoms with Crippen LogP contribution in [0, 0.1) is 5.92 Å². The number of nitrogens with zero attached hydrogens (tertiary/aromatic N) is 2. The van der Waals surface area contributed by atoms with E-state index in [9.17, 15) is 9.59 Å². The van der Waals surface area contributed by atoms with E-state index in [0.29, 0.717) is 19.1 Å². The monoisotopic (exact) mass is 296 g/mol. The van der Waals surface area contributed by atoms with Crippen LogP contribution in [0.5, 0.6) is 0 Å². The van der Waals surface area contributed by atoms with E-state index in [1.807, 2.05) is 4.90 Å². The molecular formula is C16H28N2O3. The molecule has 5 nitrogen and oxygen atoms in total. The van der Waals surface area contributed by atoms with Crippen LogP contribution in [0.2, 0.25) is 0 Å². The molecule has 2 fully saturated rings. The molecule has 21 heavy (non-hydrogen) atoms. The maximum absolute atomic E-state index is 12.7. The zero-order valence-corrected chi connectivity index (χ0v) is 13.1. The van der Waals surface area contributed by atoms with E-state index in [1.54, 1.807) is 0 Å². The summed E-state index contributed by atoms with van der Waals surface area (Å²) >= 11 is 0. The summed E-state index contributed by atoms with van der Waals surface area (Å²) in [4.78, 5) is 27.5. The molecule has 2 amide bonds. The van der Waals surface area contributed by atoms with Crippen LogP contribution in [0.1, 0.15) is 58.3 Å². The Bertz CT molecular complexity index is 365. The standard InChI is InChI=1S/C16H28N2O3/c1-2-14-6-4-3-5-9-18(14)16(21)17-10-7-13(8-11-17)12-15(19)20/h13-14H,2-12H2,1H3,(H,19,20). The van der Waals surface area contributed by atoms with Crippen LogP contribution in [-0.4, -0.2) is 52.6 Å². The quantitative estimate of drug-likeness (QED) is 0.871. The van der Waals surface area contributed by atoms with Gasteiger partial charge < -0.3 is 14.9 Å². The average molecular weight is 296 g/mol. The fourth-order valence-electron chi connectivity index (χ4n) is 3.61. The summed E-state index contributed by atoms with van der Waals surface area (Å²) in [6.45, 7) is 4.47. The minimum atomic E-state index is -0.724. The zero-order valence-electron chi connectivity index (χ0n) is 13.1. The molecule has 1 unspecified atom stereocenters. The Hall–Kier alpha value is -1.26. The number of hydrogen-bond acceptors (Lipinski definition) is 2. The second-order valence-corrected chi connectivity index (χ2v) is 6.42. The predicted octanol–water partition coefficient (Wildman–Crippen LogP) is 2.95. The van der Waals surface area contributed by atoms with Crippen molar-refractivity contribution >= 4 is 12.0 Å². The smallest absolute Gasteiger partial charge is 0.320 e. The van der Waals surface area contributed by atoms with Gasteiger partial charge in [0.2, 0.25) is 0 Å². The number of piperidine rings is 1. The Morgan fingerprint density at radius 2 is 1.76 bits per heavy atom. The normalized spacial score (nSPS) is 24.7. The molecule has 0 saturated carbocycles. The number of carboxylic acid groups (broad SMARTS) is 1. The summed E-state index contributed by atoms with van der Waals surface area (Å²) in [5, 5.41) is 8.85. The van der Waals surface area contributed by atoms with E-state index in [1.165, 1.54) is 12.8 Å². The average Bonchev–Trinajstić information content (AvgIpc) is 2.71. The lowest BCUT2D eigenvalue weighted by Crippen LogP contribution is -2.50. The van der Waals surface area contributed by atoms with Crippen LogP contribution in [0.3, 0.4) is 0 Å². The molecule has 0 aromatic heterocycles. The van der Waals surface area contributed by atoms with Crippen LogP contribution in [0.25, 0.3) is 0 Å². The Morgan fingerprint density at radius 1 is 1.05 bits per heavy atom. The van der Waals surface area contributed by atoms with Crippen LogP contribution < -0.4 is 0 Å². The topological polar surface area (TPSA) is 60.9 Å². The second-order valence-electron chi connectivity index (χ2n) is 6.42. The van der Waals surface area contributed by atoms with Crippen molar-refractivity contribution in [2.45, 2.75) is 64.3 Å². The van der Waals surface area contributed by atoms with E-state index in [-0.39, 0.29) is 18.4 Å². The van der Waals surface area contributed by atoms with Crippen LogP contribution >= 0.6 is 0 Å². The number of hydrogen-bond donors (Lipinski definition) is 1. The van der Waals surface area contributed by atoms with Crippen molar-refractivity contribution in [2.75, 3.05) is 19.6 Å². The maximum Gasteiger partial charge on any atom is 0.320 e. The minimum absolute atomic E-state index is 0.178. The molecule has 2 aliphatic heterocycles. The highest BCUT2D eigenvalue weighted by Crippen LogP contribution is 2.24. The summed E-state index contributed by atoms with van der Waals surface area (Å²) in [7, 11) is 0. The molecule has 0 aliphatic carbocycles. The third kappa shape index (κ3) is 4.35. The van der Waals surface area contributed by atoms with E-state index in [0.717, 1.165) is 38.6 Å². The molecule has 0 bridgehead atoms. The van der Waals surface area contributed by atoms with Crippen molar-refractivity contribution in [2.24, 2.45) is 5.92 Å². The molecule has 2 saturated heterocycles. The fraction of sp³-hybridized carbons (Fsp3) is 0.875. The molecular weight excluding hydrogens is 268 g/mol. The number of aliphatic carboxylic acids is 1. The van der Waals surface area contributed by atoms with Gasteiger partial charge in [0.15, 0.2) is 0 Å². The molecule has 2 aliphatic rings. The van der Waals surface area contributed by atoms with Gasteiger partial charge in [0, 0.05) is 32.1 Å². The number of amides is 2. The Morgan fingerprint density at radius 3 is 2.38 bits per heavy atom. The van der Waals surface area contributed by atoms with E-state index in [4.69, 9.17) is 5.11 Å². The fourth-order valence-corrected chi connectivity index (χ4v) is 3.61. The Balaban J connectivity index is 1.89. The highest BCUT2D eigenvalue weighted by Gasteiger charge is 2.30. The third-order valence-corrected chi connectivity index (χ3v) is 4.94. The molecule has 0 aromatic carbocycles. The first kappa shape index (κ1) is 16.1. The van der Waals surface area contributed by atoms with E-state index >= 15 is 0 Å². The molecule has 1 atom stereocenters. The third-order valence-electron chi connectivity index (χ3n) is 4.94. The van der Waals surface area contributed by atoms with Gasteiger partial charge in [0.05, 0.1) is 0 Å². The van der Waals surface area contributed by atoms with E-state index in [2.05, 4.69) is 11.8 Å². The molecule has 120 valence electrons. The maximum atomic E-state index is 12.7. The van der Waals surface area contributed by atoms with Crippen molar-refractivity contribution in [1.82, 2.24) is 9.80 Å². The van der Waals surface area contributed by atoms with Gasteiger partial charge in [-0.2, -0.15) is 0 Å². The molecule has 0 radical (unpaired) electrons. The summed E-state index contributed by atoms with van der Waals surface area (Å²) < 4.78 is 0. The SMILES string of the molecule is CCC1CCCCCN1C(=O)N1CCC(CC(=O)O)CC1. The van der Waals surface area contributed by atoms with Crippen molar-refractivity contribution < 1.29 is 14.7 Å². The van der Waals surface area contributed by atoms with Crippen molar-refractivity contribution in [1.29, 1.82) is 0 Å². The lowest BCUT2D eigenvalue weighted by molar-refractivity contribution is -0.138. The second kappa shape index (κ2) is 7.66. The number of carbonyl (C=O) groups is 2. The van der Waals surface area contributed by atoms with Gasteiger partial charge in [-0.1, -0.05) is 19.8 Å². The van der Waals surface area contributed by atoms with Crippen molar-refractivity contribution in [3.05, 3.63) is 0 Å². The van der Waals surface area contributed by atoms with Gasteiger partial charge in [-0.05, 0) is 38.0 Å². The Labute approximate surface area is 127 Å². The number of likely N-dealkylation sites (tertiary alicyclic amines) is 2. The van der Waals surface area contributed by atoms with Gasteiger partial charge >= 0.3 is 12.0 Å². The molecule has 2 heterocycles. The first-order valence-corrected chi connectivity index (χ1v) is 8.39. The zero-order chi connectivity index (χ0) is 15.2. The highest BCUT2D eigenvalue weighted by molar-refractivity contribution is 5.75. The van der Waals surface area contributed by atoms with Crippen molar-refractivity contribution in [3.63, 3.8) is 0 Å². The largest absolute Gasteiger partial charge is 0.481 e. The summed E-state index contributed by atoms with van der Waals surface area (Å²) in [6.07, 6.45) is 7.59. The van der Waals surface area contributed by atoms with Gasteiger partial charge in [0.25, 0.3) is 0 Å². The molecule has 2 rings (SSSR count). The highest BCUT2D eigenvalue weighted by atomic mass is 16.4. The van der Waals surface area contributed by atoms with Gasteiger partial charge in [-0.3, -0.25) is 4.79 Å². The lowest BCUT2D eigenvalue weighted by atomic mass is 9.94. The van der Waals surface area contributed by atoms with Gasteiger partial charge in [-0.15, -0.1) is 0 Å². The van der Waals surface area contributed by atoms with Crippen molar-refractivity contribution in [3.8, 4) is 0 Å². The minimum Gasteiger partial charge on any atom is -0.481 e. The van der Waals surface area contributed by atoms with E-state index < -0.39 is 5.97 Å². The van der Waals surface area contributed by atoms with Crippen LogP contribution in [0.4, 0.5) is 4.79 Å². The summed E-state index contributed by atoms with van der Waals surface area (Å²) in [6, 6.07) is 0.564. The molecule has 0 spiro atoms. The van der Waals surface area contributed by atoms with Gasteiger partial charge in [0.1, 0.15) is 0 Å². The lowest BCUT2D eigenvalue weighted by Gasteiger charge is -2.38. The Kier molecular flexibility index (Phi) is 5.88.